The van der Waals surface area contributed by atoms with Gasteiger partial charge in [0.1, 0.15) is 34.4 Å². The molecule has 8 nitrogen and oxygen atoms in total. The number of anilines is 2. The molecule has 42 heavy (non-hydrogen) atoms. The third kappa shape index (κ3) is 5.08. The zero-order chi connectivity index (χ0) is 29.5. The van der Waals surface area contributed by atoms with Crippen molar-refractivity contribution in [1.82, 2.24) is 14.9 Å². The highest BCUT2D eigenvalue weighted by Gasteiger charge is 2.34. The molecule has 220 valence electrons. The highest BCUT2D eigenvalue weighted by molar-refractivity contribution is 7.23. The second kappa shape index (κ2) is 11.7. The van der Waals surface area contributed by atoms with Crippen molar-refractivity contribution in [2.24, 2.45) is 0 Å². The maximum absolute atomic E-state index is 16.1. The quantitative estimate of drug-likeness (QED) is 0.302. The lowest BCUT2D eigenvalue weighted by Crippen LogP contribution is -2.37. The Labute approximate surface area is 249 Å². The molecule has 2 unspecified atom stereocenters. The van der Waals surface area contributed by atoms with Crippen molar-refractivity contribution in [3.05, 3.63) is 40.4 Å². The highest BCUT2D eigenvalue weighted by atomic mass is 35.5. The topological polar surface area (TPSA) is 101 Å². The number of aromatic nitrogens is 2. The predicted molar refractivity (Wildman–Crippen MR) is 158 cm³/mol. The van der Waals surface area contributed by atoms with Crippen LogP contribution in [-0.4, -0.2) is 73.6 Å². The number of methoxy groups -OCH3 is 1. The molecule has 7 rings (SSSR count). The van der Waals surface area contributed by atoms with Crippen LogP contribution in [0.1, 0.15) is 24.8 Å². The first-order valence-corrected chi connectivity index (χ1v) is 14.9. The first kappa shape index (κ1) is 28.7. The molecule has 3 fully saturated rings. The van der Waals surface area contributed by atoms with Gasteiger partial charge >= 0.3 is 6.01 Å². The molecule has 3 saturated heterocycles. The smallest absolute Gasteiger partial charge is 0.318 e. The monoisotopic (exact) mass is 616 g/mol. The van der Waals surface area contributed by atoms with Gasteiger partial charge in [-0.05, 0) is 43.5 Å². The average Bonchev–Trinajstić information content (AvgIpc) is 3.67. The number of morpholine rings is 1. The largest absolute Gasteiger partial charge is 0.467 e. The fourth-order valence-electron chi connectivity index (χ4n) is 6.05. The fraction of sp³-hybridized carbons (Fsp3) is 0.414. The van der Waals surface area contributed by atoms with Gasteiger partial charge in [0.2, 0.25) is 0 Å². The van der Waals surface area contributed by atoms with Gasteiger partial charge in [-0.1, -0.05) is 17.7 Å². The average molecular weight is 617 g/mol. The van der Waals surface area contributed by atoms with Gasteiger partial charge in [-0.3, -0.25) is 4.90 Å². The van der Waals surface area contributed by atoms with E-state index in [-0.39, 0.29) is 48.3 Å². The maximum atomic E-state index is 16.1. The minimum absolute atomic E-state index is 0.00178. The summed E-state index contributed by atoms with van der Waals surface area (Å²) in [5, 5.41) is 10.5. The number of fused-ring (bicyclic) bond motifs is 3. The van der Waals surface area contributed by atoms with Crippen molar-refractivity contribution in [3.8, 4) is 23.2 Å². The molecule has 0 radical (unpaired) electrons. The predicted octanol–water partition coefficient (Wildman–Crippen LogP) is 5.93. The van der Waals surface area contributed by atoms with E-state index in [1.807, 2.05) is 11.0 Å². The lowest BCUT2D eigenvalue weighted by molar-refractivity contribution is 0.122. The fourth-order valence-corrected chi connectivity index (χ4v) is 7.29. The number of hydrogen-bond donors (Lipinski definition) is 1. The summed E-state index contributed by atoms with van der Waals surface area (Å²) in [5.41, 5.74) is 6.27. The van der Waals surface area contributed by atoms with E-state index >= 15 is 4.39 Å². The summed E-state index contributed by atoms with van der Waals surface area (Å²) in [5.74, 6) is -0.800. The minimum atomic E-state index is -0.728. The van der Waals surface area contributed by atoms with Crippen LogP contribution in [0.2, 0.25) is 5.02 Å². The van der Waals surface area contributed by atoms with E-state index in [0.717, 1.165) is 24.3 Å². The van der Waals surface area contributed by atoms with Gasteiger partial charge in [-0.25, -0.2) is 13.2 Å². The Morgan fingerprint density at radius 2 is 2.00 bits per heavy atom. The number of benzene rings is 2. The number of nitrogen functional groups attached to an aromatic ring is 1. The molecule has 13 heteroatoms. The summed E-state index contributed by atoms with van der Waals surface area (Å²) in [6, 6.07) is 6.77. The Bertz CT molecular complexity index is 1700. The summed E-state index contributed by atoms with van der Waals surface area (Å²) in [6.45, 7) is 4.00. The Kier molecular flexibility index (Phi) is 8.02. The Balaban J connectivity index is 0.000000296. The Morgan fingerprint density at radius 1 is 1.21 bits per heavy atom. The summed E-state index contributed by atoms with van der Waals surface area (Å²) in [6.07, 6.45) is 2.81. The standard InChI is InChI=1S/C22H16ClF2N5O2S.C7H12FN/c1-31-22-28-18-11(21(29-22)30-4-6-32-7-5-30)8-13(23)16(17(18)25)10-2-3-14(24)19-15(10)12(9-26)20(27)33-19;8-6-4-7-2-1-3-9(7)5-6/h2-3,8H,4-7,27H2,1H3;6-7H,1-5H2. The molecule has 0 saturated carbocycles. The van der Waals surface area contributed by atoms with Crippen LogP contribution in [0.15, 0.2) is 18.2 Å². The van der Waals surface area contributed by atoms with Crippen LogP contribution in [0.25, 0.3) is 32.1 Å². The van der Waals surface area contributed by atoms with Crippen molar-refractivity contribution < 1.29 is 22.6 Å². The first-order chi connectivity index (χ1) is 20.3. The maximum Gasteiger partial charge on any atom is 0.318 e. The molecule has 4 aromatic rings. The molecule has 0 spiro atoms. The van der Waals surface area contributed by atoms with Crippen molar-refractivity contribution in [2.75, 3.05) is 57.1 Å². The van der Waals surface area contributed by atoms with E-state index in [1.54, 1.807) is 6.07 Å². The zero-order valence-electron chi connectivity index (χ0n) is 22.8. The van der Waals surface area contributed by atoms with E-state index in [2.05, 4.69) is 14.9 Å². The third-order valence-corrected chi connectivity index (χ3v) is 9.32. The molecule has 0 bridgehead atoms. The molecule has 0 amide bonds. The second-order valence-electron chi connectivity index (χ2n) is 10.5. The van der Waals surface area contributed by atoms with Gasteiger partial charge in [-0.2, -0.15) is 15.2 Å². The number of rotatable bonds is 3. The number of thiophene rings is 1. The van der Waals surface area contributed by atoms with Gasteiger partial charge in [0.25, 0.3) is 0 Å². The Hall–Kier alpha value is -3.37. The molecule has 5 heterocycles. The number of nitrogens with two attached hydrogens (primary N) is 1. The number of nitriles is 1. The van der Waals surface area contributed by atoms with E-state index < -0.39 is 17.8 Å². The summed E-state index contributed by atoms with van der Waals surface area (Å²) in [7, 11) is 1.40. The number of hydrogen-bond acceptors (Lipinski definition) is 9. The van der Waals surface area contributed by atoms with Gasteiger partial charge in [0, 0.05) is 42.0 Å². The van der Waals surface area contributed by atoms with Crippen LogP contribution < -0.4 is 15.4 Å². The number of alkyl halides is 1. The van der Waals surface area contributed by atoms with Crippen molar-refractivity contribution in [2.45, 2.75) is 31.5 Å². The van der Waals surface area contributed by atoms with E-state index in [4.69, 9.17) is 26.8 Å². The van der Waals surface area contributed by atoms with Gasteiger partial charge in [0.15, 0.2) is 5.82 Å². The van der Waals surface area contributed by atoms with Crippen LogP contribution in [0.5, 0.6) is 6.01 Å². The molecule has 2 N–H and O–H groups in total. The first-order valence-electron chi connectivity index (χ1n) is 13.7. The minimum Gasteiger partial charge on any atom is -0.467 e. The molecule has 3 aliphatic heterocycles. The molecule has 2 atom stereocenters. The van der Waals surface area contributed by atoms with Crippen LogP contribution in [0.3, 0.4) is 0 Å². The second-order valence-corrected chi connectivity index (χ2v) is 11.9. The van der Waals surface area contributed by atoms with Crippen LogP contribution in [0.4, 0.5) is 24.0 Å². The van der Waals surface area contributed by atoms with Crippen molar-refractivity contribution >= 4 is 54.7 Å². The van der Waals surface area contributed by atoms with Crippen molar-refractivity contribution in [1.29, 1.82) is 5.26 Å². The van der Waals surface area contributed by atoms with Gasteiger partial charge in [-0.15, -0.1) is 11.3 Å². The van der Waals surface area contributed by atoms with Gasteiger partial charge in [0.05, 0.1) is 35.6 Å². The number of ether oxygens (including phenoxy) is 2. The SMILES string of the molecule is COc1nc(N2CCOCC2)c2cc(Cl)c(-c3ccc(F)c4sc(N)c(C#N)c34)c(F)c2n1.FC1CC2CCCN2C1. The molecular weight excluding hydrogens is 589 g/mol. The molecule has 2 aromatic carbocycles. The normalized spacial score (nSPS) is 20.4. The van der Waals surface area contributed by atoms with E-state index in [1.165, 1.54) is 32.1 Å². The summed E-state index contributed by atoms with van der Waals surface area (Å²) in [4.78, 5) is 12.9. The Morgan fingerprint density at radius 3 is 2.71 bits per heavy atom. The number of nitrogens with zero attached hydrogens (tertiary/aromatic N) is 5. The number of halogens is 4. The lowest BCUT2D eigenvalue weighted by Gasteiger charge is -2.29. The van der Waals surface area contributed by atoms with Crippen LogP contribution in [-0.2, 0) is 4.74 Å². The van der Waals surface area contributed by atoms with Crippen molar-refractivity contribution in [3.63, 3.8) is 0 Å². The summed E-state index contributed by atoms with van der Waals surface area (Å²) >= 11 is 7.53. The van der Waals surface area contributed by atoms with E-state index in [0.29, 0.717) is 50.1 Å². The molecular formula is C29H28ClF3N6O2S. The zero-order valence-corrected chi connectivity index (χ0v) is 24.4. The molecule has 2 aromatic heterocycles. The molecule has 3 aliphatic rings. The van der Waals surface area contributed by atoms with Gasteiger partial charge < -0.3 is 20.1 Å². The summed E-state index contributed by atoms with van der Waals surface area (Å²) < 4.78 is 54.0. The third-order valence-electron chi connectivity index (χ3n) is 7.99. The van der Waals surface area contributed by atoms with E-state index in [9.17, 15) is 14.0 Å². The highest BCUT2D eigenvalue weighted by Crippen LogP contribution is 2.45. The van der Waals surface area contributed by atoms with Crippen LogP contribution >= 0.6 is 22.9 Å². The van der Waals surface area contributed by atoms with Crippen LogP contribution in [0, 0.1) is 23.0 Å². The lowest BCUT2D eigenvalue weighted by atomic mass is 9.97. The molecule has 0 aliphatic carbocycles.